The van der Waals surface area contributed by atoms with Crippen LogP contribution in [-0.4, -0.2) is 75.9 Å². The third kappa shape index (κ3) is 5.79. The highest BCUT2D eigenvalue weighted by Gasteiger charge is 2.36. The van der Waals surface area contributed by atoms with Crippen molar-refractivity contribution in [1.82, 2.24) is 15.5 Å². The van der Waals surface area contributed by atoms with E-state index in [4.69, 9.17) is 10.8 Å². The lowest BCUT2D eigenvalue weighted by atomic mass is 10.1. The molecule has 0 aromatic carbocycles. The SMILES string of the molecule is C[C@H](NC(=O)[C@@H]1CCCN1C(=O)[C@@H](N)CS)C(=O)N[C@@H](CS)C(=O)O. The van der Waals surface area contributed by atoms with Crippen molar-refractivity contribution in [2.45, 2.75) is 43.9 Å². The number of carbonyl (C=O) groups excluding carboxylic acids is 3. The van der Waals surface area contributed by atoms with E-state index in [1.54, 1.807) is 0 Å². The lowest BCUT2D eigenvalue weighted by Gasteiger charge is -2.27. The van der Waals surface area contributed by atoms with Crippen LogP contribution < -0.4 is 16.4 Å². The minimum atomic E-state index is -1.21. The van der Waals surface area contributed by atoms with Gasteiger partial charge in [-0.25, -0.2) is 4.79 Å². The zero-order valence-corrected chi connectivity index (χ0v) is 15.6. The van der Waals surface area contributed by atoms with Crippen molar-refractivity contribution >= 4 is 48.9 Å². The van der Waals surface area contributed by atoms with Crippen LogP contribution in [-0.2, 0) is 19.2 Å². The highest BCUT2D eigenvalue weighted by Crippen LogP contribution is 2.18. The highest BCUT2D eigenvalue weighted by molar-refractivity contribution is 7.80. The number of thiol groups is 2. The maximum atomic E-state index is 12.4. The number of hydrogen-bond acceptors (Lipinski definition) is 7. The molecule has 9 nitrogen and oxygen atoms in total. The first-order valence-electron chi connectivity index (χ1n) is 7.84. The van der Waals surface area contributed by atoms with Gasteiger partial charge in [0.05, 0.1) is 6.04 Å². The van der Waals surface area contributed by atoms with Gasteiger partial charge < -0.3 is 26.4 Å². The number of nitrogens with two attached hydrogens (primary N) is 1. The average Bonchev–Trinajstić information content (AvgIpc) is 3.07. The lowest BCUT2D eigenvalue weighted by Crippen LogP contribution is -2.56. The van der Waals surface area contributed by atoms with Crippen LogP contribution >= 0.6 is 25.3 Å². The maximum absolute atomic E-state index is 12.4. The fourth-order valence-electron chi connectivity index (χ4n) is 2.45. The van der Waals surface area contributed by atoms with Crippen LogP contribution in [0.5, 0.6) is 0 Å². The summed E-state index contributed by atoms with van der Waals surface area (Å²) in [5, 5.41) is 13.7. The second-order valence-electron chi connectivity index (χ2n) is 5.79. The molecule has 1 aliphatic rings. The molecule has 3 amide bonds. The summed E-state index contributed by atoms with van der Waals surface area (Å²) in [5.74, 6) is -2.59. The summed E-state index contributed by atoms with van der Waals surface area (Å²) in [6, 6.07) is -3.59. The van der Waals surface area contributed by atoms with Crippen molar-refractivity contribution in [3.05, 3.63) is 0 Å². The average molecular weight is 393 g/mol. The summed E-state index contributed by atoms with van der Waals surface area (Å²) >= 11 is 7.85. The minimum absolute atomic E-state index is 0.0751. The van der Waals surface area contributed by atoms with Crippen LogP contribution in [0.3, 0.4) is 0 Å². The molecule has 1 fully saturated rings. The number of aliphatic carboxylic acids is 1. The molecule has 1 aliphatic heterocycles. The predicted octanol–water partition coefficient (Wildman–Crippen LogP) is -1.76. The Kier molecular flexibility index (Phi) is 8.53. The molecule has 0 bridgehead atoms. The van der Waals surface area contributed by atoms with E-state index < -0.39 is 42.0 Å². The van der Waals surface area contributed by atoms with E-state index in [9.17, 15) is 19.2 Å². The van der Waals surface area contributed by atoms with E-state index in [0.717, 1.165) is 0 Å². The molecule has 142 valence electrons. The van der Waals surface area contributed by atoms with Crippen LogP contribution in [0.4, 0.5) is 0 Å². The normalized spacial score (nSPS) is 20.5. The van der Waals surface area contributed by atoms with E-state index in [0.29, 0.717) is 19.4 Å². The molecule has 1 heterocycles. The van der Waals surface area contributed by atoms with Crippen molar-refractivity contribution in [3.8, 4) is 0 Å². The number of rotatable bonds is 8. The van der Waals surface area contributed by atoms with E-state index >= 15 is 0 Å². The topological polar surface area (TPSA) is 142 Å². The molecule has 11 heteroatoms. The Morgan fingerprint density at radius 3 is 2.40 bits per heavy atom. The smallest absolute Gasteiger partial charge is 0.327 e. The molecule has 4 atom stereocenters. The second kappa shape index (κ2) is 9.88. The molecular weight excluding hydrogens is 368 g/mol. The van der Waals surface area contributed by atoms with Gasteiger partial charge in [0.2, 0.25) is 17.7 Å². The molecule has 0 aliphatic carbocycles. The molecule has 5 N–H and O–H groups in total. The van der Waals surface area contributed by atoms with Gasteiger partial charge in [0.1, 0.15) is 18.1 Å². The van der Waals surface area contributed by atoms with Crippen LogP contribution in [0.2, 0.25) is 0 Å². The number of nitrogens with one attached hydrogen (secondary N) is 2. The summed E-state index contributed by atoms with van der Waals surface area (Å²) in [6.45, 7) is 1.85. The van der Waals surface area contributed by atoms with Crippen LogP contribution in [0.25, 0.3) is 0 Å². The Morgan fingerprint density at radius 1 is 1.24 bits per heavy atom. The Labute approximate surface area is 156 Å². The molecular formula is C14H24N4O5S2. The van der Waals surface area contributed by atoms with Crippen molar-refractivity contribution in [1.29, 1.82) is 0 Å². The van der Waals surface area contributed by atoms with Crippen molar-refractivity contribution < 1.29 is 24.3 Å². The van der Waals surface area contributed by atoms with Gasteiger partial charge in [0.25, 0.3) is 0 Å². The Hall–Kier alpha value is -1.46. The number of carboxylic acids is 1. The number of likely N-dealkylation sites (tertiary alicyclic amines) is 1. The summed E-state index contributed by atoms with van der Waals surface area (Å²) in [5.41, 5.74) is 5.68. The molecule has 25 heavy (non-hydrogen) atoms. The summed E-state index contributed by atoms with van der Waals surface area (Å²) < 4.78 is 0. The van der Waals surface area contributed by atoms with Crippen LogP contribution in [0, 0.1) is 0 Å². The van der Waals surface area contributed by atoms with E-state index in [-0.39, 0.29) is 17.4 Å². The highest BCUT2D eigenvalue weighted by atomic mass is 32.1. The second-order valence-corrected chi connectivity index (χ2v) is 6.52. The fourth-order valence-corrected chi connectivity index (χ4v) is 2.86. The molecule has 0 aromatic rings. The number of carboxylic acid groups (broad SMARTS) is 1. The standard InChI is InChI=1S/C14H24N4O5S2/c1-7(11(19)17-9(6-25)14(22)23)16-12(20)10-3-2-4-18(10)13(21)8(15)5-24/h7-10,24-25H,2-6,15H2,1H3,(H,16,20)(H,17,19)(H,22,23)/t7-,8-,9-,10-/m0/s1. The monoisotopic (exact) mass is 392 g/mol. The Balaban J connectivity index is 2.66. The number of amides is 3. The third-order valence-corrected chi connectivity index (χ3v) is 4.66. The van der Waals surface area contributed by atoms with Crippen LogP contribution in [0.1, 0.15) is 19.8 Å². The predicted molar refractivity (Wildman–Crippen MR) is 97.6 cm³/mol. The molecule has 1 saturated heterocycles. The van der Waals surface area contributed by atoms with Gasteiger partial charge in [0.15, 0.2) is 0 Å². The van der Waals surface area contributed by atoms with Gasteiger partial charge in [-0.2, -0.15) is 25.3 Å². The first kappa shape index (κ1) is 21.6. The van der Waals surface area contributed by atoms with Crippen molar-refractivity contribution in [2.24, 2.45) is 5.73 Å². The third-order valence-electron chi connectivity index (χ3n) is 3.90. The van der Waals surface area contributed by atoms with Gasteiger partial charge in [-0.3, -0.25) is 14.4 Å². The van der Waals surface area contributed by atoms with Gasteiger partial charge in [-0.05, 0) is 19.8 Å². The maximum Gasteiger partial charge on any atom is 0.327 e. The van der Waals surface area contributed by atoms with Gasteiger partial charge >= 0.3 is 5.97 Å². The van der Waals surface area contributed by atoms with E-state index in [2.05, 4.69) is 35.9 Å². The number of nitrogens with zero attached hydrogens (tertiary/aromatic N) is 1. The molecule has 0 saturated carbocycles. The van der Waals surface area contributed by atoms with E-state index in [1.165, 1.54) is 11.8 Å². The molecule has 0 unspecified atom stereocenters. The lowest BCUT2D eigenvalue weighted by molar-refractivity contribution is -0.142. The summed E-state index contributed by atoms with van der Waals surface area (Å²) in [4.78, 5) is 48.9. The molecule has 0 spiro atoms. The summed E-state index contributed by atoms with van der Waals surface area (Å²) in [7, 11) is 0. The first-order chi connectivity index (χ1) is 11.7. The summed E-state index contributed by atoms with van der Waals surface area (Å²) in [6.07, 6.45) is 1.13. The van der Waals surface area contributed by atoms with Crippen LogP contribution in [0.15, 0.2) is 0 Å². The molecule has 1 rings (SSSR count). The molecule has 0 radical (unpaired) electrons. The van der Waals surface area contributed by atoms with Crippen molar-refractivity contribution in [2.75, 3.05) is 18.1 Å². The quantitative estimate of drug-likeness (QED) is 0.270. The van der Waals surface area contributed by atoms with Gasteiger partial charge in [-0.15, -0.1) is 0 Å². The van der Waals surface area contributed by atoms with Gasteiger partial charge in [-0.1, -0.05) is 0 Å². The fraction of sp³-hybridized carbons (Fsp3) is 0.714. The zero-order valence-electron chi connectivity index (χ0n) is 13.8. The van der Waals surface area contributed by atoms with Crippen molar-refractivity contribution in [3.63, 3.8) is 0 Å². The van der Waals surface area contributed by atoms with Gasteiger partial charge in [0, 0.05) is 18.1 Å². The first-order valence-corrected chi connectivity index (χ1v) is 9.10. The zero-order chi connectivity index (χ0) is 19.1. The Morgan fingerprint density at radius 2 is 1.88 bits per heavy atom. The largest absolute Gasteiger partial charge is 0.480 e. The van der Waals surface area contributed by atoms with E-state index in [1.807, 2.05) is 0 Å². The molecule has 0 aromatic heterocycles. The number of hydrogen-bond donors (Lipinski definition) is 6. The number of carbonyl (C=O) groups is 4. The Bertz CT molecular complexity index is 533. The minimum Gasteiger partial charge on any atom is -0.480 e.